The lowest BCUT2D eigenvalue weighted by atomic mass is 9.79. The Morgan fingerprint density at radius 1 is 0.500 bits per heavy atom. The van der Waals surface area contributed by atoms with E-state index in [1.54, 1.807) is 0 Å². The van der Waals surface area contributed by atoms with Crippen molar-refractivity contribution in [3.63, 3.8) is 0 Å². The Kier molecular flexibility index (Phi) is 7.78. The van der Waals surface area contributed by atoms with Gasteiger partial charge in [-0.05, 0) is 25.0 Å². The molecule has 36 heavy (non-hydrogen) atoms. The van der Waals surface area contributed by atoms with Gasteiger partial charge in [-0.2, -0.15) is 70.2 Å². The first-order valence-corrected chi connectivity index (χ1v) is 8.44. The third-order valence-electron chi connectivity index (χ3n) is 4.67. The largest absolute Gasteiger partial charge is 0.421 e. The van der Waals surface area contributed by atoms with Gasteiger partial charge in [-0.15, -0.1) is 0 Å². The molecule has 0 radical (unpaired) electrons. The monoisotopic (exact) mass is 570 g/mol. The maximum atomic E-state index is 14.4. The van der Waals surface area contributed by atoms with Crippen LogP contribution >= 0.6 is 0 Å². The summed E-state index contributed by atoms with van der Waals surface area (Å²) in [6.07, 6.45) is -26.9. The van der Waals surface area contributed by atoms with E-state index in [0.717, 1.165) is 0 Å². The van der Waals surface area contributed by atoms with Crippen LogP contribution in [-0.2, 0) is 28.6 Å². The van der Waals surface area contributed by atoms with Crippen molar-refractivity contribution in [1.29, 1.82) is 0 Å². The van der Waals surface area contributed by atoms with E-state index >= 15 is 0 Å². The first-order chi connectivity index (χ1) is 15.5. The van der Waals surface area contributed by atoms with Crippen molar-refractivity contribution in [2.75, 3.05) is 0 Å². The Morgan fingerprint density at radius 3 is 1.03 bits per heavy atom. The predicted octanol–water partition coefficient (Wildman–Crippen LogP) is 5.62. The molecule has 1 aromatic rings. The Balaban J connectivity index is 4.82. The molecule has 0 saturated heterocycles. The predicted molar refractivity (Wildman–Crippen MR) is 80.1 cm³/mol. The van der Waals surface area contributed by atoms with Crippen molar-refractivity contribution in [2.45, 2.75) is 62.7 Å². The van der Waals surface area contributed by atoms with Crippen molar-refractivity contribution >= 4 is 0 Å². The molecule has 0 aliphatic rings. The van der Waals surface area contributed by atoms with E-state index in [0.29, 0.717) is 0 Å². The number of hydrogen-bond donors (Lipinski definition) is 3. The van der Waals surface area contributed by atoms with Gasteiger partial charge in [-0.3, -0.25) is 4.74 Å². The van der Waals surface area contributed by atoms with E-state index in [9.17, 15) is 70.2 Å². The standard InChI is InChI=1S/C16H10F16O4/c1-3-4(2)6(13(25,26)36-9(17)18)8(12(23,24)16(31,32)35)7(11(21,22)15(29,30)34)5(3)10(19,20)14(27,28)33/h9,33-35H,1-2H3. The first kappa shape index (κ1) is 32.0. The SMILES string of the molecule is Cc1c(C)c(C(F)(F)C(O)(F)F)c(C(F)(F)C(O)(F)F)c(C(F)(F)C(O)(F)F)c1C(F)(F)OC(F)F. The summed E-state index contributed by atoms with van der Waals surface area (Å²) >= 11 is 0. The molecule has 0 amide bonds. The summed E-state index contributed by atoms with van der Waals surface area (Å²) < 4.78 is 222. The van der Waals surface area contributed by atoms with Crippen LogP contribution in [-0.4, -0.2) is 40.3 Å². The van der Waals surface area contributed by atoms with Crippen molar-refractivity contribution in [1.82, 2.24) is 0 Å². The molecule has 4 nitrogen and oxygen atoms in total. The van der Waals surface area contributed by atoms with Crippen LogP contribution in [0.25, 0.3) is 0 Å². The van der Waals surface area contributed by atoms with Crippen molar-refractivity contribution in [3.05, 3.63) is 33.4 Å². The van der Waals surface area contributed by atoms with E-state index in [-0.39, 0.29) is 13.8 Å². The van der Waals surface area contributed by atoms with E-state index in [4.69, 9.17) is 15.3 Å². The number of ether oxygens (including phenoxy) is 1. The fourth-order valence-electron chi connectivity index (χ4n) is 3.01. The molecular formula is C16H10F16O4. The zero-order chi connectivity index (χ0) is 29.2. The highest BCUT2D eigenvalue weighted by atomic mass is 19.3. The van der Waals surface area contributed by atoms with E-state index in [2.05, 4.69) is 4.74 Å². The molecule has 1 aromatic carbocycles. The lowest BCUT2D eigenvalue weighted by molar-refractivity contribution is -0.352. The van der Waals surface area contributed by atoms with Gasteiger partial charge in [0, 0.05) is 5.56 Å². The van der Waals surface area contributed by atoms with Crippen molar-refractivity contribution in [3.8, 4) is 0 Å². The number of aliphatic hydroxyl groups is 3. The fourth-order valence-corrected chi connectivity index (χ4v) is 3.01. The summed E-state index contributed by atoms with van der Waals surface area (Å²) in [7, 11) is 0. The highest BCUT2D eigenvalue weighted by Crippen LogP contribution is 2.59. The molecule has 20 heteroatoms. The maximum absolute atomic E-state index is 14.4. The molecule has 210 valence electrons. The minimum atomic E-state index is -7.21. The Bertz CT molecular complexity index is 988. The average molecular weight is 570 g/mol. The molecular weight excluding hydrogens is 560 g/mol. The van der Waals surface area contributed by atoms with Gasteiger partial charge in [0.1, 0.15) is 0 Å². The number of rotatable bonds is 9. The highest BCUT2D eigenvalue weighted by Gasteiger charge is 2.71. The van der Waals surface area contributed by atoms with Crippen LogP contribution in [0.15, 0.2) is 0 Å². The summed E-state index contributed by atoms with van der Waals surface area (Å²) in [4.78, 5) is 0. The third-order valence-corrected chi connectivity index (χ3v) is 4.67. The second-order valence-electron chi connectivity index (χ2n) is 6.99. The molecule has 0 heterocycles. The minimum absolute atomic E-state index is 0.184. The second-order valence-corrected chi connectivity index (χ2v) is 6.99. The second kappa shape index (κ2) is 8.76. The summed E-state index contributed by atoms with van der Waals surface area (Å²) in [5, 5.41) is 25.1. The van der Waals surface area contributed by atoms with Gasteiger partial charge in [0.15, 0.2) is 0 Å². The molecule has 0 unspecified atom stereocenters. The van der Waals surface area contributed by atoms with Gasteiger partial charge in [-0.25, -0.2) is 0 Å². The fraction of sp³-hybridized carbons (Fsp3) is 0.625. The van der Waals surface area contributed by atoms with Crippen LogP contribution in [0.2, 0.25) is 0 Å². The Hall–Kier alpha value is -2.06. The molecule has 0 aliphatic carbocycles. The van der Waals surface area contributed by atoms with Gasteiger partial charge in [0.25, 0.3) is 0 Å². The quantitative estimate of drug-likeness (QED) is 0.338. The molecule has 0 aromatic heterocycles. The van der Waals surface area contributed by atoms with Gasteiger partial charge in [0.2, 0.25) is 0 Å². The summed E-state index contributed by atoms with van der Waals surface area (Å²) in [5.41, 5.74) is -20.0. The smallest absolute Gasteiger partial charge is 0.331 e. The van der Waals surface area contributed by atoms with Crippen LogP contribution in [0.5, 0.6) is 0 Å². The van der Waals surface area contributed by atoms with Gasteiger partial charge < -0.3 is 15.3 Å². The molecule has 3 N–H and O–H groups in total. The normalized spacial score (nSPS) is 15.2. The highest BCUT2D eigenvalue weighted by molar-refractivity contribution is 5.58. The summed E-state index contributed by atoms with van der Waals surface area (Å²) in [6.45, 7) is -5.20. The molecule has 1 rings (SSSR count). The zero-order valence-electron chi connectivity index (χ0n) is 16.9. The third kappa shape index (κ3) is 5.03. The van der Waals surface area contributed by atoms with Crippen LogP contribution in [0.3, 0.4) is 0 Å². The van der Waals surface area contributed by atoms with Gasteiger partial charge in [0.05, 0.1) is 16.7 Å². The topological polar surface area (TPSA) is 69.9 Å². The van der Waals surface area contributed by atoms with Crippen molar-refractivity contribution < 1.29 is 90.3 Å². The number of benzene rings is 1. The van der Waals surface area contributed by atoms with E-state index in [1.807, 2.05) is 0 Å². The molecule has 0 spiro atoms. The molecule has 0 saturated carbocycles. The lowest BCUT2D eigenvalue weighted by Gasteiger charge is -2.37. The van der Waals surface area contributed by atoms with Gasteiger partial charge >= 0.3 is 48.8 Å². The molecule has 0 bridgehead atoms. The van der Waals surface area contributed by atoms with E-state index < -0.39 is 82.2 Å². The maximum Gasteiger partial charge on any atom is 0.421 e. The van der Waals surface area contributed by atoms with Crippen LogP contribution in [0.1, 0.15) is 33.4 Å². The van der Waals surface area contributed by atoms with Crippen LogP contribution in [0.4, 0.5) is 70.2 Å². The lowest BCUT2D eigenvalue weighted by Crippen LogP contribution is -2.49. The van der Waals surface area contributed by atoms with Crippen molar-refractivity contribution in [2.24, 2.45) is 0 Å². The molecule has 0 aliphatic heterocycles. The van der Waals surface area contributed by atoms with Crippen LogP contribution in [0, 0.1) is 13.8 Å². The number of hydrogen-bond acceptors (Lipinski definition) is 4. The summed E-state index contributed by atoms with van der Waals surface area (Å²) in [5.74, 6) is -21.2. The molecule has 0 fully saturated rings. The Morgan fingerprint density at radius 2 is 0.750 bits per heavy atom. The Labute approximate surface area is 187 Å². The summed E-state index contributed by atoms with van der Waals surface area (Å²) in [6, 6.07) is 0. The van der Waals surface area contributed by atoms with Gasteiger partial charge in [-0.1, -0.05) is 0 Å². The number of halogens is 16. The number of alkyl halides is 16. The zero-order valence-corrected chi connectivity index (χ0v) is 16.9. The minimum Gasteiger partial charge on any atom is -0.331 e. The molecule has 0 atom stereocenters. The van der Waals surface area contributed by atoms with E-state index in [1.165, 1.54) is 0 Å². The van der Waals surface area contributed by atoms with Crippen LogP contribution < -0.4 is 0 Å². The first-order valence-electron chi connectivity index (χ1n) is 8.44. The average Bonchev–Trinajstić information content (AvgIpc) is 2.58.